The summed E-state index contributed by atoms with van der Waals surface area (Å²) in [6.45, 7) is 5.45. The molecular weight excluding hydrogens is 366 g/mol. The zero-order chi connectivity index (χ0) is 19.2. The molecule has 1 atom stereocenters. The van der Waals surface area contributed by atoms with Crippen LogP contribution in [0, 0.1) is 0 Å². The lowest BCUT2D eigenvalue weighted by Crippen LogP contribution is -2.32. The Balaban J connectivity index is 1.83. The smallest absolute Gasteiger partial charge is 0.251 e. The van der Waals surface area contributed by atoms with Gasteiger partial charge in [0, 0.05) is 17.5 Å². The highest BCUT2D eigenvalue weighted by Gasteiger charge is 2.24. The van der Waals surface area contributed by atoms with Gasteiger partial charge in [-0.25, -0.2) is 0 Å². The maximum atomic E-state index is 12.8. The van der Waals surface area contributed by atoms with Crippen molar-refractivity contribution in [3.05, 3.63) is 52.5 Å². The van der Waals surface area contributed by atoms with Gasteiger partial charge in [0.25, 0.3) is 5.91 Å². The van der Waals surface area contributed by atoms with Crippen molar-refractivity contribution in [2.24, 2.45) is 0 Å². The first kappa shape index (κ1) is 19.4. The molecule has 27 heavy (non-hydrogen) atoms. The summed E-state index contributed by atoms with van der Waals surface area (Å²) in [4.78, 5) is 12.8. The fraction of sp³-hybridized carbons (Fsp3) is 0.381. The Kier molecular flexibility index (Phi) is 6.45. The predicted molar refractivity (Wildman–Crippen MR) is 105 cm³/mol. The van der Waals surface area contributed by atoms with Crippen LogP contribution in [0.15, 0.2) is 36.4 Å². The van der Waals surface area contributed by atoms with E-state index in [1.165, 1.54) is 0 Å². The van der Waals surface area contributed by atoms with Crippen molar-refractivity contribution in [2.45, 2.75) is 32.7 Å². The van der Waals surface area contributed by atoms with Gasteiger partial charge in [-0.2, -0.15) is 0 Å². The van der Waals surface area contributed by atoms with Crippen LogP contribution in [0.25, 0.3) is 0 Å². The maximum absolute atomic E-state index is 12.8. The first-order valence-electron chi connectivity index (χ1n) is 9.25. The number of halogens is 1. The third-order valence-corrected chi connectivity index (χ3v) is 4.57. The zero-order valence-corrected chi connectivity index (χ0v) is 16.3. The Hall–Kier alpha value is -2.40. The quantitative estimate of drug-likeness (QED) is 0.740. The molecule has 2 aromatic carbocycles. The van der Waals surface area contributed by atoms with Crippen molar-refractivity contribution in [3.8, 4) is 17.2 Å². The van der Waals surface area contributed by atoms with Crippen LogP contribution in [-0.4, -0.2) is 25.7 Å². The van der Waals surface area contributed by atoms with Gasteiger partial charge in [-0.3, -0.25) is 4.79 Å². The standard InChI is InChI=1S/C21H24ClNO4/c1-3-10-27-20-16(22)12-14(13-19(20)25-4-2)21(24)23-17-9-11-26-18-8-6-5-7-15(17)18/h5-8,12-13,17H,3-4,9-11H2,1-2H3,(H,23,24)/t17-/m0/s1. The number of carbonyl (C=O) groups excluding carboxylic acids is 1. The van der Waals surface area contributed by atoms with E-state index in [9.17, 15) is 4.79 Å². The number of fused-ring (bicyclic) bond motifs is 1. The van der Waals surface area contributed by atoms with Crippen LogP contribution < -0.4 is 19.5 Å². The van der Waals surface area contributed by atoms with E-state index < -0.39 is 0 Å². The molecule has 0 spiro atoms. The molecule has 1 heterocycles. The first-order valence-corrected chi connectivity index (χ1v) is 9.63. The molecule has 2 aromatic rings. The molecule has 1 aliphatic rings. The molecule has 3 rings (SSSR count). The van der Waals surface area contributed by atoms with Gasteiger partial charge in [0.2, 0.25) is 0 Å². The summed E-state index contributed by atoms with van der Waals surface area (Å²) in [5, 5.41) is 3.44. The van der Waals surface area contributed by atoms with E-state index in [-0.39, 0.29) is 11.9 Å². The first-order chi connectivity index (χ1) is 13.1. The topological polar surface area (TPSA) is 56.8 Å². The predicted octanol–water partition coefficient (Wildman–Crippen LogP) is 4.78. The van der Waals surface area contributed by atoms with Crippen molar-refractivity contribution in [1.29, 1.82) is 0 Å². The van der Waals surface area contributed by atoms with Gasteiger partial charge in [-0.1, -0.05) is 36.7 Å². The molecule has 0 aliphatic carbocycles. The number of nitrogens with one attached hydrogen (secondary N) is 1. The number of hydrogen-bond donors (Lipinski definition) is 1. The van der Waals surface area contributed by atoms with Crippen LogP contribution in [0.3, 0.4) is 0 Å². The molecule has 144 valence electrons. The summed E-state index contributed by atoms with van der Waals surface area (Å²) in [6.07, 6.45) is 1.57. The normalized spacial score (nSPS) is 15.4. The van der Waals surface area contributed by atoms with E-state index in [2.05, 4.69) is 5.32 Å². The molecule has 0 bridgehead atoms. The number of carbonyl (C=O) groups is 1. The number of benzene rings is 2. The average Bonchev–Trinajstić information content (AvgIpc) is 2.67. The number of rotatable bonds is 7. The van der Waals surface area contributed by atoms with Gasteiger partial charge in [-0.15, -0.1) is 0 Å². The number of ether oxygens (including phenoxy) is 3. The Morgan fingerprint density at radius 3 is 2.85 bits per heavy atom. The summed E-state index contributed by atoms with van der Waals surface area (Å²) in [5.41, 5.74) is 1.42. The van der Waals surface area contributed by atoms with Crippen LogP contribution >= 0.6 is 11.6 Å². The van der Waals surface area contributed by atoms with Crippen LogP contribution in [0.4, 0.5) is 0 Å². The van der Waals surface area contributed by atoms with Gasteiger partial charge < -0.3 is 19.5 Å². The molecule has 5 nitrogen and oxygen atoms in total. The summed E-state index contributed by atoms with van der Waals surface area (Å²) >= 11 is 6.37. The number of amides is 1. The fourth-order valence-corrected chi connectivity index (χ4v) is 3.31. The Morgan fingerprint density at radius 2 is 2.07 bits per heavy atom. The Bertz CT molecular complexity index is 809. The molecule has 6 heteroatoms. The van der Waals surface area contributed by atoms with Gasteiger partial charge in [0.1, 0.15) is 5.75 Å². The second-order valence-corrected chi connectivity index (χ2v) is 6.68. The largest absolute Gasteiger partial charge is 0.493 e. The van der Waals surface area contributed by atoms with E-state index in [1.54, 1.807) is 12.1 Å². The lowest BCUT2D eigenvalue weighted by atomic mass is 10.00. The van der Waals surface area contributed by atoms with E-state index in [4.69, 9.17) is 25.8 Å². The Labute approximate surface area is 164 Å². The van der Waals surface area contributed by atoms with Crippen molar-refractivity contribution in [1.82, 2.24) is 5.32 Å². The van der Waals surface area contributed by atoms with Crippen molar-refractivity contribution < 1.29 is 19.0 Å². The highest BCUT2D eigenvalue weighted by atomic mass is 35.5. The van der Waals surface area contributed by atoms with Crippen molar-refractivity contribution in [3.63, 3.8) is 0 Å². The van der Waals surface area contributed by atoms with E-state index in [1.807, 2.05) is 38.1 Å². The Morgan fingerprint density at radius 1 is 1.26 bits per heavy atom. The third-order valence-electron chi connectivity index (χ3n) is 4.29. The summed E-state index contributed by atoms with van der Waals surface area (Å²) in [6, 6.07) is 10.9. The van der Waals surface area contributed by atoms with Gasteiger partial charge in [-0.05, 0) is 31.5 Å². The fourth-order valence-electron chi connectivity index (χ4n) is 3.04. The minimum absolute atomic E-state index is 0.104. The minimum atomic E-state index is -0.207. The SMILES string of the molecule is CCCOc1c(Cl)cc(C(=O)N[C@H]2CCOc3ccccc32)cc1OCC. The monoisotopic (exact) mass is 389 g/mol. The second-order valence-electron chi connectivity index (χ2n) is 6.27. The molecule has 0 saturated carbocycles. The zero-order valence-electron chi connectivity index (χ0n) is 15.6. The summed E-state index contributed by atoms with van der Waals surface area (Å²) in [7, 11) is 0. The van der Waals surface area contributed by atoms with Crippen LogP contribution in [0.5, 0.6) is 17.2 Å². The molecule has 0 fully saturated rings. The molecule has 0 unspecified atom stereocenters. The molecule has 0 aromatic heterocycles. The third kappa shape index (κ3) is 4.48. The number of para-hydroxylation sites is 1. The lowest BCUT2D eigenvalue weighted by molar-refractivity contribution is 0.0924. The maximum Gasteiger partial charge on any atom is 0.251 e. The van der Waals surface area contributed by atoms with Crippen LogP contribution in [0.1, 0.15) is 48.7 Å². The van der Waals surface area contributed by atoms with Gasteiger partial charge in [0.15, 0.2) is 11.5 Å². The molecular formula is C21H24ClNO4. The van der Waals surface area contributed by atoms with Crippen molar-refractivity contribution in [2.75, 3.05) is 19.8 Å². The average molecular weight is 390 g/mol. The highest BCUT2D eigenvalue weighted by molar-refractivity contribution is 6.32. The van der Waals surface area contributed by atoms with Crippen LogP contribution in [-0.2, 0) is 0 Å². The van der Waals surface area contributed by atoms with E-state index in [0.717, 1.165) is 17.7 Å². The summed E-state index contributed by atoms with van der Waals surface area (Å²) < 4.78 is 17.0. The molecule has 0 saturated heterocycles. The number of hydrogen-bond acceptors (Lipinski definition) is 4. The van der Waals surface area contributed by atoms with E-state index >= 15 is 0 Å². The minimum Gasteiger partial charge on any atom is -0.493 e. The molecule has 0 radical (unpaired) electrons. The van der Waals surface area contributed by atoms with Crippen molar-refractivity contribution >= 4 is 17.5 Å². The van der Waals surface area contributed by atoms with Gasteiger partial charge >= 0.3 is 0 Å². The molecule has 1 aliphatic heterocycles. The summed E-state index contributed by atoms with van der Waals surface area (Å²) in [5.74, 6) is 1.57. The second kappa shape index (κ2) is 9.00. The molecule has 1 N–H and O–H groups in total. The highest BCUT2D eigenvalue weighted by Crippen LogP contribution is 2.37. The molecule has 1 amide bonds. The van der Waals surface area contributed by atoms with Gasteiger partial charge in [0.05, 0.1) is 30.9 Å². The van der Waals surface area contributed by atoms with Crippen LogP contribution in [0.2, 0.25) is 5.02 Å². The lowest BCUT2D eigenvalue weighted by Gasteiger charge is -2.26. The van der Waals surface area contributed by atoms with E-state index in [0.29, 0.717) is 48.3 Å².